The van der Waals surface area contributed by atoms with Crippen molar-refractivity contribution >= 4 is 23.4 Å². The summed E-state index contributed by atoms with van der Waals surface area (Å²) in [5, 5.41) is 5.77. The summed E-state index contributed by atoms with van der Waals surface area (Å²) in [5.74, 6) is 1.04. The van der Waals surface area contributed by atoms with Gasteiger partial charge in [0.05, 0.1) is 12.0 Å². The molecule has 4 fully saturated rings. The molecule has 0 radical (unpaired) electrons. The second-order valence-corrected chi connectivity index (χ2v) is 9.64. The first-order valence-corrected chi connectivity index (χ1v) is 10.0. The highest BCUT2D eigenvalue weighted by Gasteiger charge is 2.59. The average molecular weight is 375 g/mol. The van der Waals surface area contributed by atoms with E-state index in [0.29, 0.717) is 18.4 Å². The van der Waals surface area contributed by atoms with Gasteiger partial charge in [-0.25, -0.2) is 0 Å². The largest absolute Gasteiger partial charge is 0.350 e. The van der Waals surface area contributed by atoms with Crippen molar-refractivity contribution in [1.82, 2.24) is 10.6 Å². The maximum Gasteiger partial charge on any atom is 0.239 e. The molecule has 140 valence electrons. The quantitative estimate of drug-likeness (QED) is 0.777. The van der Waals surface area contributed by atoms with Crippen LogP contribution in [0.1, 0.15) is 49.7 Å². The first-order valence-electron chi connectivity index (χ1n) is 9.65. The number of carbonyl (C=O) groups is 2. The predicted molar refractivity (Wildman–Crippen MR) is 102 cm³/mol. The van der Waals surface area contributed by atoms with E-state index in [0.717, 1.165) is 37.7 Å². The van der Waals surface area contributed by atoms with Crippen molar-refractivity contribution in [2.75, 3.05) is 6.54 Å². The van der Waals surface area contributed by atoms with Crippen LogP contribution in [0.5, 0.6) is 0 Å². The first kappa shape index (κ1) is 17.8. The molecule has 0 heterocycles. The van der Waals surface area contributed by atoms with E-state index < -0.39 is 0 Å². The lowest BCUT2D eigenvalue weighted by molar-refractivity contribution is -0.145. The maximum absolute atomic E-state index is 12.9. The molecule has 1 aromatic rings. The van der Waals surface area contributed by atoms with Crippen molar-refractivity contribution in [1.29, 1.82) is 0 Å². The Balaban J connectivity index is 1.30. The lowest BCUT2D eigenvalue weighted by atomic mass is 9.49. The van der Waals surface area contributed by atoms with Crippen molar-refractivity contribution in [3.63, 3.8) is 0 Å². The average Bonchev–Trinajstić information content (AvgIpc) is 2.57. The molecule has 5 heteroatoms. The summed E-state index contributed by atoms with van der Waals surface area (Å²) in [6.07, 6.45) is 5.98. The molecule has 0 aliphatic heterocycles. The second-order valence-electron chi connectivity index (χ2n) is 8.84. The third-order valence-corrected chi connectivity index (χ3v) is 6.93. The second kappa shape index (κ2) is 6.56. The highest BCUT2D eigenvalue weighted by Crippen LogP contribution is 2.63. The molecule has 5 rings (SSSR count). The normalized spacial score (nSPS) is 34.5. The van der Waals surface area contributed by atoms with Gasteiger partial charge < -0.3 is 10.6 Å². The van der Waals surface area contributed by atoms with Crippen molar-refractivity contribution in [3.05, 3.63) is 35.4 Å². The van der Waals surface area contributed by atoms with Gasteiger partial charge in [0.15, 0.2) is 0 Å². The molecule has 0 saturated heterocycles. The van der Waals surface area contributed by atoms with Crippen LogP contribution in [-0.4, -0.2) is 23.2 Å². The van der Waals surface area contributed by atoms with E-state index in [4.69, 9.17) is 11.6 Å². The molecule has 2 amide bonds. The van der Waals surface area contributed by atoms with Crippen LogP contribution >= 0.6 is 11.6 Å². The van der Waals surface area contributed by atoms with Crippen LogP contribution in [0.15, 0.2) is 24.3 Å². The van der Waals surface area contributed by atoms with Crippen LogP contribution in [0.4, 0.5) is 0 Å². The fourth-order valence-electron chi connectivity index (χ4n) is 5.73. The summed E-state index contributed by atoms with van der Waals surface area (Å²) >= 11 is 6.80. The van der Waals surface area contributed by atoms with E-state index in [1.165, 1.54) is 12.0 Å². The van der Waals surface area contributed by atoms with Crippen molar-refractivity contribution in [2.24, 2.45) is 17.3 Å². The highest BCUT2D eigenvalue weighted by molar-refractivity contribution is 6.24. The topological polar surface area (TPSA) is 58.2 Å². The number of benzene rings is 1. The minimum atomic E-state index is -0.344. The van der Waals surface area contributed by atoms with Crippen molar-refractivity contribution < 1.29 is 9.59 Å². The minimum Gasteiger partial charge on any atom is -0.350 e. The van der Waals surface area contributed by atoms with Gasteiger partial charge in [-0.2, -0.15) is 0 Å². The number of amides is 2. The summed E-state index contributed by atoms with van der Waals surface area (Å²) < 4.78 is 0. The standard InChI is InChI=1S/C21H27ClN2O2/c1-14-2-4-15(5-3-14)11-23-18(25)12-24-19(26)20-7-16-6-17(8-20)10-21(22,9-16)13-20/h2-5,16-17H,6-13H2,1H3,(H,23,25)(H,24,26)/t16-,17-,20?,21?/m1/s1. The summed E-state index contributed by atoms with van der Waals surface area (Å²) in [4.78, 5) is 24.8. The number of hydrogen-bond donors (Lipinski definition) is 2. The van der Waals surface area contributed by atoms with E-state index >= 15 is 0 Å². The zero-order valence-electron chi connectivity index (χ0n) is 15.3. The third-order valence-electron chi connectivity index (χ3n) is 6.49. The Labute approximate surface area is 160 Å². The lowest BCUT2D eigenvalue weighted by Crippen LogP contribution is -2.59. The van der Waals surface area contributed by atoms with Crippen LogP contribution < -0.4 is 10.6 Å². The van der Waals surface area contributed by atoms with Gasteiger partial charge in [-0.15, -0.1) is 11.6 Å². The Morgan fingerprint density at radius 1 is 1.08 bits per heavy atom. The molecular formula is C21H27ClN2O2. The summed E-state index contributed by atoms with van der Waals surface area (Å²) in [6.45, 7) is 2.56. The minimum absolute atomic E-state index is 0.0297. The molecule has 4 saturated carbocycles. The zero-order valence-corrected chi connectivity index (χ0v) is 16.1. The van der Waals surface area contributed by atoms with Gasteiger partial charge in [-0.05, 0) is 62.8 Å². The Bertz CT molecular complexity index is 701. The van der Waals surface area contributed by atoms with Gasteiger partial charge in [-0.3, -0.25) is 9.59 Å². The van der Waals surface area contributed by atoms with E-state index in [2.05, 4.69) is 10.6 Å². The van der Waals surface area contributed by atoms with Crippen LogP contribution in [0.3, 0.4) is 0 Å². The molecule has 4 bridgehead atoms. The smallest absolute Gasteiger partial charge is 0.239 e. The van der Waals surface area contributed by atoms with E-state index in [9.17, 15) is 9.59 Å². The number of aryl methyl sites for hydroxylation is 1. The predicted octanol–water partition coefficient (Wildman–Crippen LogP) is 3.31. The molecule has 4 aliphatic carbocycles. The maximum atomic E-state index is 12.9. The molecule has 26 heavy (non-hydrogen) atoms. The molecule has 0 aromatic heterocycles. The van der Waals surface area contributed by atoms with Gasteiger partial charge in [0.2, 0.25) is 11.8 Å². The van der Waals surface area contributed by atoms with E-state index in [-0.39, 0.29) is 28.6 Å². The number of hydrogen-bond acceptors (Lipinski definition) is 2. The number of rotatable bonds is 5. The molecular weight excluding hydrogens is 348 g/mol. The number of alkyl halides is 1. The molecule has 1 aromatic carbocycles. The fraction of sp³-hybridized carbons (Fsp3) is 0.619. The van der Waals surface area contributed by atoms with Gasteiger partial charge in [0.1, 0.15) is 0 Å². The lowest BCUT2D eigenvalue weighted by Gasteiger charge is -2.59. The van der Waals surface area contributed by atoms with Crippen LogP contribution in [0.2, 0.25) is 0 Å². The van der Waals surface area contributed by atoms with Crippen LogP contribution in [0, 0.1) is 24.2 Å². The van der Waals surface area contributed by atoms with Crippen LogP contribution in [-0.2, 0) is 16.1 Å². The van der Waals surface area contributed by atoms with Gasteiger partial charge in [-0.1, -0.05) is 29.8 Å². The van der Waals surface area contributed by atoms with Crippen molar-refractivity contribution in [2.45, 2.75) is 56.9 Å². The highest BCUT2D eigenvalue weighted by atomic mass is 35.5. The molecule has 4 nitrogen and oxygen atoms in total. The van der Waals surface area contributed by atoms with Gasteiger partial charge in [0.25, 0.3) is 0 Å². The summed E-state index contributed by atoms with van der Waals surface area (Å²) in [5.41, 5.74) is 1.91. The molecule has 0 unspecified atom stereocenters. The van der Waals surface area contributed by atoms with Gasteiger partial charge in [0, 0.05) is 11.4 Å². The summed E-state index contributed by atoms with van der Waals surface area (Å²) in [7, 11) is 0. The first-order chi connectivity index (χ1) is 12.4. The SMILES string of the molecule is Cc1ccc(CNC(=O)CNC(=O)C23C[C@H]4C[C@@H](CC(Cl)(C4)C2)C3)cc1. The molecule has 0 spiro atoms. The number of carbonyl (C=O) groups excluding carboxylic acids is 2. The number of halogens is 1. The summed E-state index contributed by atoms with van der Waals surface area (Å²) in [6, 6.07) is 8.06. The monoisotopic (exact) mass is 374 g/mol. The number of nitrogens with one attached hydrogen (secondary N) is 2. The van der Waals surface area contributed by atoms with E-state index in [1.807, 2.05) is 31.2 Å². The Hall–Kier alpha value is -1.55. The zero-order chi connectivity index (χ0) is 18.4. The molecule has 2 atom stereocenters. The van der Waals surface area contributed by atoms with Crippen molar-refractivity contribution in [3.8, 4) is 0 Å². The molecule has 4 aliphatic rings. The van der Waals surface area contributed by atoms with Crippen LogP contribution in [0.25, 0.3) is 0 Å². The van der Waals surface area contributed by atoms with E-state index in [1.54, 1.807) is 0 Å². The van der Waals surface area contributed by atoms with Gasteiger partial charge >= 0.3 is 0 Å². The Kier molecular flexibility index (Phi) is 4.50. The molecule has 2 N–H and O–H groups in total. The third kappa shape index (κ3) is 3.48. The Morgan fingerprint density at radius 2 is 1.73 bits per heavy atom. The Morgan fingerprint density at radius 3 is 2.35 bits per heavy atom. The fourth-order valence-corrected chi connectivity index (χ4v) is 6.43.